The van der Waals surface area contributed by atoms with Crippen LogP contribution in [0.4, 0.5) is 0 Å². The second kappa shape index (κ2) is 5.41. The van der Waals surface area contributed by atoms with Gasteiger partial charge in [0.15, 0.2) is 0 Å². The molecule has 0 spiro atoms. The average Bonchev–Trinajstić information content (AvgIpc) is 2.46. The van der Waals surface area contributed by atoms with Crippen molar-refractivity contribution in [2.24, 2.45) is 0 Å². The fourth-order valence-corrected chi connectivity index (χ4v) is 2.30. The molecule has 0 atom stereocenters. The third kappa shape index (κ3) is 2.94. The Morgan fingerprint density at radius 3 is 2.79 bits per heavy atom. The van der Waals surface area contributed by atoms with E-state index in [1.807, 2.05) is 30.3 Å². The second-order valence-corrected chi connectivity index (χ2v) is 5.03. The summed E-state index contributed by atoms with van der Waals surface area (Å²) in [5, 5.41) is 1.83. The summed E-state index contributed by atoms with van der Waals surface area (Å²) in [5.41, 5.74) is 3.14. The molecule has 0 bridgehead atoms. The Labute approximate surface area is 117 Å². The molecule has 0 saturated heterocycles. The molecule has 0 radical (unpaired) electrons. The van der Waals surface area contributed by atoms with Crippen LogP contribution in [0.3, 0.4) is 0 Å². The predicted molar refractivity (Wildman–Crippen MR) is 82.2 cm³/mol. The highest BCUT2D eigenvalue weighted by molar-refractivity contribution is 6.31. The minimum absolute atomic E-state index is 0.721. The quantitative estimate of drug-likeness (QED) is 0.731. The van der Waals surface area contributed by atoms with E-state index in [2.05, 4.69) is 35.4 Å². The van der Waals surface area contributed by atoms with Crippen molar-refractivity contribution in [3.8, 4) is 0 Å². The van der Waals surface area contributed by atoms with Crippen molar-refractivity contribution in [2.45, 2.75) is 12.8 Å². The van der Waals surface area contributed by atoms with Crippen molar-refractivity contribution in [1.29, 1.82) is 0 Å². The summed E-state index contributed by atoms with van der Waals surface area (Å²) in [6.07, 6.45) is 13.0. The van der Waals surface area contributed by atoms with E-state index in [1.165, 1.54) is 5.57 Å². The maximum absolute atomic E-state index is 5.99. The molecule has 1 aliphatic carbocycles. The van der Waals surface area contributed by atoms with E-state index in [-0.39, 0.29) is 0 Å². The van der Waals surface area contributed by atoms with Gasteiger partial charge in [-0.2, -0.15) is 0 Å². The summed E-state index contributed by atoms with van der Waals surface area (Å²) < 4.78 is 0. The number of nitrogens with zero attached hydrogens (tertiary/aromatic N) is 1. The minimum Gasteiger partial charge on any atom is -0.248 e. The first-order valence-electron chi connectivity index (χ1n) is 6.42. The minimum atomic E-state index is 0.721. The molecule has 0 N–H and O–H groups in total. The maximum Gasteiger partial charge on any atom is 0.0724 e. The topological polar surface area (TPSA) is 12.9 Å². The zero-order valence-corrected chi connectivity index (χ0v) is 11.3. The summed E-state index contributed by atoms with van der Waals surface area (Å²) in [6, 6.07) is 9.88. The van der Waals surface area contributed by atoms with Crippen molar-refractivity contribution in [1.82, 2.24) is 4.98 Å². The van der Waals surface area contributed by atoms with Crippen LogP contribution >= 0.6 is 11.6 Å². The standard InChI is InChI=1S/C17H14ClN/c18-15-9-7-14-8-11-16(19-17(14)12-15)10-6-13-4-2-1-3-5-13/h2,4-12H,1,3H2. The molecule has 0 fully saturated rings. The Hall–Kier alpha value is -1.86. The Bertz CT molecular complexity index is 695. The van der Waals surface area contributed by atoms with Crippen LogP contribution in [0.15, 0.2) is 60.2 Å². The number of hydrogen-bond acceptors (Lipinski definition) is 1. The van der Waals surface area contributed by atoms with Gasteiger partial charge < -0.3 is 0 Å². The molecule has 3 rings (SSSR count). The van der Waals surface area contributed by atoms with Gasteiger partial charge >= 0.3 is 0 Å². The first-order valence-corrected chi connectivity index (χ1v) is 6.80. The number of allylic oxidation sites excluding steroid dienone is 5. The molecule has 1 heterocycles. The lowest BCUT2D eigenvalue weighted by Crippen LogP contribution is -1.84. The van der Waals surface area contributed by atoms with Crippen LogP contribution < -0.4 is 0 Å². The molecule has 19 heavy (non-hydrogen) atoms. The highest BCUT2D eigenvalue weighted by Gasteiger charge is 1.98. The number of pyridine rings is 1. The summed E-state index contributed by atoms with van der Waals surface area (Å²) in [5.74, 6) is 0. The smallest absolute Gasteiger partial charge is 0.0724 e. The van der Waals surface area contributed by atoms with E-state index >= 15 is 0 Å². The normalized spacial score (nSPS) is 15.1. The number of halogens is 1. The second-order valence-electron chi connectivity index (χ2n) is 4.59. The fourth-order valence-electron chi connectivity index (χ4n) is 2.14. The van der Waals surface area contributed by atoms with Gasteiger partial charge in [-0.05, 0) is 42.7 Å². The van der Waals surface area contributed by atoms with Crippen LogP contribution in [0.5, 0.6) is 0 Å². The SMILES string of the molecule is Clc1ccc2ccc(C=CC3=CCCC=C3)nc2c1. The molecule has 0 amide bonds. The summed E-state index contributed by atoms with van der Waals surface area (Å²) >= 11 is 5.99. The molecule has 1 aromatic carbocycles. The molecule has 0 unspecified atom stereocenters. The summed E-state index contributed by atoms with van der Waals surface area (Å²) in [7, 11) is 0. The van der Waals surface area contributed by atoms with E-state index in [0.29, 0.717) is 0 Å². The van der Waals surface area contributed by atoms with E-state index in [9.17, 15) is 0 Å². The lowest BCUT2D eigenvalue weighted by Gasteiger charge is -2.02. The van der Waals surface area contributed by atoms with Crippen molar-refractivity contribution < 1.29 is 0 Å². The lowest BCUT2D eigenvalue weighted by atomic mass is 10.1. The van der Waals surface area contributed by atoms with Crippen LogP contribution in [0.25, 0.3) is 17.0 Å². The molecule has 0 saturated carbocycles. The Kier molecular flexibility index (Phi) is 3.47. The third-order valence-corrected chi connectivity index (χ3v) is 3.38. The summed E-state index contributed by atoms with van der Waals surface area (Å²) in [4.78, 5) is 4.60. The van der Waals surface area contributed by atoms with Crippen LogP contribution in [-0.4, -0.2) is 4.98 Å². The molecular weight excluding hydrogens is 254 g/mol. The van der Waals surface area contributed by atoms with Gasteiger partial charge in [0.25, 0.3) is 0 Å². The van der Waals surface area contributed by atoms with E-state index < -0.39 is 0 Å². The highest BCUT2D eigenvalue weighted by atomic mass is 35.5. The van der Waals surface area contributed by atoms with Crippen LogP contribution in [-0.2, 0) is 0 Å². The summed E-state index contributed by atoms with van der Waals surface area (Å²) in [6.45, 7) is 0. The molecule has 1 nitrogen and oxygen atoms in total. The van der Waals surface area contributed by atoms with E-state index in [1.54, 1.807) is 0 Å². The number of fused-ring (bicyclic) bond motifs is 1. The van der Waals surface area contributed by atoms with E-state index in [0.717, 1.165) is 34.5 Å². The zero-order valence-electron chi connectivity index (χ0n) is 10.5. The first-order chi connectivity index (χ1) is 9.31. The van der Waals surface area contributed by atoms with Gasteiger partial charge in [0.2, 0.25) is 0 Å². The van der Waals surface area contributed by atoms with Gasteiger partial charge in [-0.1, -0.05) is 48.0 Å². The van der Waals surface area contributed by atoms with Gasteiger partial charge in [0, 0.05) is 10.4 Å². The molecule has 0 aliphatic heterocycles. The number of hydrogen-bond donors (Lipinski definition) is 0. The van der Waals surface area contributed by atoms with Crippen molar-refractivity contribution in [3.63, 3.8) is 0 Å². The Morgan fingerprint density at radius 1 is 1.05 bits per heavy atom. The molecule has 1 aromatic heterocycles. The number of rotatable bonds is 2. The third-order valence-electron chi connectivity index (χ3n) is 3.15. The van der Waals surface area contributed by atoms with Gasteiger partial charge in [-0.15, -0.1) is 0 Å². The average molecular weight is 268 g/mol. The largest absolute Gasteiger partial charge is 0.248 e. The fraction of sp³-hybridized carbons (Fsp3) is 0.118. The van der Waals surface area contributed by atoms with Gasteiger partial charge in [0.1, 0.15) is 0 Å². The number of aromatic nitrogens is 1. The monoisotopic (exact) mass is 267 g/mol. The Balaban J connectivity index is 1.90. The maximum atomic E-state index is 5.99. The first kappa shape index (κ1) is 12.2. The molecule has 2 heteroatoms. The lowest BCUT2D eigenvalue weighted by molar-refractivity contribution is 1.03. The van der Waals surface area contributed by atoms with Gasteiger partial charge in [-0.3, -0.25) is 0 Å². The van der Waals surface area contributed by atoms with Crippen LogP contribution in [0.1, 0.15) is 18.5 Å². The van der Waals surface area contributed by atoms with Crippen molar-refractivity contribution >= 4 is 28.6 Å². The van der Waals surface area contributed by atoms with E-state index in [4.69, 9.17) is 11.6 Å². The predicted octanol–water partition coefficient (Wildman–Crippen LogP) is 5.18. The van der Waals surface area contributed by atoms with Crippen LogP contribution in [0, 0.1) is 0 Å². The Morgan fingerprint density at radius 2 is 1.95 bits per heavy atom. The van der Waals surface area contributed by atoms with Gasteiger partial charge in [-0.25, -0.2) is 4.98 Å². The van der Waals surface area contributed by atoms with Gasteiger partial charge in [0.05, 0.1) is 11.2 Å². The molecule has 2 aromatic rings. The highest BCUT2D eigenvalue weighted by Crippen LogP contribution is 2.19. The van der Waals surface area contributed by atoms with Crippen molar-refractivity contribution in [3.05, 3.63) is 70.9 Å². The number of benzene rings is 1. The van der Waals surface area contributed by atoms with Crippen LogP contribution in [0.2, 0.25) is 5.02 Å². The molecule has 94 valence electrons. The molecule has 1 aliphatic rings. The van der Waals surface area contributed by atoms with Crippen molar-refractivity contribution in [2.75, 3.05) is 0 Å². The molecular formula is C17H14ClN. The zero-order chi connectivity index (χ0) is 13.1.